The number of nitrogens with zero attached hydrogens (tertiary/aromatic N) is 1. The van der Waals surface area contributed by atoms with Crippen molar-refractivity contribution in [3.05, 3.63) is 35.4 Å². The molecule has 0 fully saturated rings. The standard InChI is InChI=1S/C12H15N3O/c1-14-6-3-7-15-12(16)11-5-2-4-10(8-11)9-13/h2,4-5,8,14H,3,6-7H2,1H3,(H,15,16). The lowest BCUT2D eigenvalue weighted by atomic mass is 10.1. The summed E-state index contributed by atoms with van der Waals surface area (Å²) in [6.07, 6.45) is 0.889. The fraction of sp³-hybridized carbons (Fsp3) is 0.333. The molecular formula is C12H15N3O. The third-order valence-corrected chi connectivity index (χ3v) is 2.14. The molecule has 0 radical (unpaired) electrons. The van der Waals surface area contributed by atoms with Gasteiger partial charge in [0, 0.05) is 12.1 Å². The normalized spacial score (nSPS) is 9.50. The van der Waals surface area contributed by atoms with Gasteiger partial charge >= 0.3 is 0 Å². The van der Waals surface area contributed by atoms with Crippen molar-refractivity contribution in [2.75, 3.05) is 20.1 Å². The highest BCUT2D eigenvalue weighted by atomic mass is 16.1. The van der Waals surface area contributed by atoms with E-state index in [4.69, 9.17) is 5.26 Å². The van der Waals surface area contributed by atoms with Gasteiger partial charge in [-0.25, -0.2) is 0 Å². The molecule has 2 N–H and O–H groups in total. The molecule has 1 aromatic rings. The second-order valence-corrected chi connectivity index (χ2v) is 3.41. The van der Waals surface area contributed by atoms with Gasteiger partial charge in [0.15, 0.2) is 0 Å². The van der Waals surface area contributed by atoms with Crippen molar-refractivity contribution in [2.45, 2.75) is 6.42 Å². The van der Waals surface area contributed by atoms with Crippen molar-refractivity contribution >= 4 is 5.91 Å². The lowest BCUT2D eigenvalue weighted by Crippen LogP contribution is -2.26. The van der Waals surface area contributed by atoms with Crippen molar-refractivity contribution in [1.82, 2.24) is 10.6 Å². The van der Waals surface area contributed by atoms with Gasteiger partial charge < -0.3 is 10.6 Å². The van der Waals surface area contributed by atoms with Gasteiger partial charge in [-0.15, -0.1) is 0 Å². The van der Waals surface area contributed by atoms with Gasteiger partial charge in [-0.1, -0.05) is 6.07 Å². The van der Waals surface area contributed by atoms with E-state index < -0.39 is 0 Å². The molecule has 1 amide bonds. The van der Waals surface area contributed by atoms with Gasteiger partial charge in [0.1, 0.15) is 0 Å². The number of benzene rings is 1. The molecule has 4 nitrogen and oxygen atoms in total. The van der Waals surface area contributed by atoms with E-state index in [0.29, 0.717) is 17.7 Å². The summed E-state index contributed by atoms with van der Waals surface area (Å²) < 4.78 is 0. The first-order chi connectivity index (χ1) is 7.77. The molecule has 0 saturated heterocycles. The molecule has 0 aromatic heterocycles. The van der Waals surface area contributed by atoms with Gasteiger partial charge in [0.05, 0.1) is 11.6 Å². The van der Waals surface area contributed by atoms with Gasteiger partial charge in [-0.2, -0.15) is 5.26 Å². The zero-order valence-corrected chi connectivity index (χ0v) is 9.29. The topological polar surface area (TPSA) is 64.9 Å². The van der Waals surface area contributed by atoms with Crippen LogP contribution >= 0.6 is 0 Å². The lowest BCUT2D eigenvalue weighted by molar-refractivity contribution is 0.0953. The van der Waals surface area contributed by atoms with E-state index >= 15 is 0 Å². The van der Waals surface area contributed by atoms with E-state index in [0.717, 1.165) is 13.0 Å². The summed E-state index contributed by atoms with van der Waals surface area (Å²) in [5.74, 6) is -0.131. The maximum absolute atomic E-state index is 11.6. The smallest absolute Gasteiger partial charge is 0.251 e. The van der Waals surface area contributed by atoms with E-state index in [9.17, 15) is 4.79 Å². The molecule has 0 aliphatic rings. The van der Waals surface area contributed by atoms with Crippen molar-refractivity contribution < 1.29 is 4.79 Å². The number of amides is 1. The number of carbonyl (C=O) groups excluding carboxylic acids is 1. The summed E-state index contributed by atoms with van der Waals surface area (Å²) in [6, 6.07) is 8.69. The first-order valence-electron chi connectivity index (χ1n) is 5.21. The summed E-state index contributed by atoms with van der Waals surface area (Å²) in [4.78, 5) is 11.6. The van der Waals surface area contributed by atoms with Gasteiger partial charge in [-0.05, 0) is 38.2 Å². The molecule has 0 aliphatic heterocycles. The van der Waals surface area contributed by atoms with Crippen LogP contribution in [0.4, 0.5) is 0 Å². The van der Waals surface area contributed by atoms with Gasteiger partial charge in [0.25, 0.3) is 5.91 Å². The molecule has 1 aromatic carbocycles. The molecule has 0 spiro atoms. The molecule has 0 atom stereocenters. The van der Waals surface area contributed by atoms with Gasteiger partial charge in [0.2, 0.25) is 0 Å². The Labute approximate surface area is 95.3 Å². The average molecular weight is 217 g/mol. The largest absolute Gasteiger partial charge is 0.352 e. The number of nitrogens with one attached hydrogen (secondary N) is 2. The van der Waals surface area contributed by atoms with Gasteiger partial charge in [-0.3, -0.25) is 4.79 Å². The molecule has 0 aliphatic carbocycles. The van der Waals surface area contributed by atoms with Crippen molar-refractivity contribution in [1.29, 1.82) is 5.26 Å². The molecule has 4 heteroatoms. The Hall–Kier alpha value is -1.86. The van der Waals surface area contributed by atoms with E-state index in [1.54, 1.807) is 24.3 Å². The molecule has 0 bridgehead atoms. The Morgan fingerprint density at radius 3 is 2.94 bits per heavy atom. The minimum absolute atomic E-state index is 0.131. The Bertz CT molecular complexity index is 395. The van der Waals surface area contributed by atoms with Crippen LogP contribution in [0.15, 0.2) is 24.3 Å². The van der Waals surface area contributed by atoms with E-state index in [1.165, 1.54) is 0 Å². The molecule has 0 unspecified atom stereocenters. The molecule has 0 saturated carbocycles. The summed E-state index contributed by atoms with van der Waals surface area (Å²) >= 11 is 0. The third-order valence-electron chi connectivity index (χ3n) is 2.14. The van der Waals surface area contributed by atoms with Crippen LogP contribution < -0.4 is 10.6 Å². The van der Waals surface area contributed by atoms with E-state index in [-0.39, 0.29) is 5.91 Å². The van der Waals surface area contributed by atoms with Crippen molar-refractivity contribution in [3.63, 3.8) is 0 Å². The van der Waals surface area contributed by atoms with Crippen LogP contribution in [0.3, 0.4) is 0 Å². The molecule has 1 rings (SSSR count). The average Bonchev–Trinajstić information content (AvgIpc) is 2.34. The number of hydrogen-bond acceptors (Lipinski definition) is 3. The molecule has 16 heavy (non-hydrogen) atoms. The molecular weight excluding hydrogens is 202 g/mol. The van der Waals surface area contributed by atoms with Crippen molar-refractivity contribution in [3.8, 4) is 6.07 Å². The predicted octanol–water partition coefficient (Wildman–Crippen LogP) is 0.898. The second-order valence-electron chi connectivity index (χ2n) is 3.41. The highest BCUT2D eigenvalue weighted by molar-refractivity contribution is 5.94. The van der Waals surface area contributed by atoms with Crippen LogP contribution in [0.1, 0.15) is 22.3 Å². The third kappa shape index (κ3) is 3.71. The predicted molar refractivity (Wildman–Crippen MR) is 62.0 cm³/mol. The Balaban J connectivity index is 2.50. The monoisotopic (exact) mass is 217 g/mol. The highest BCUT2D eigenvalue weighted by Gasteiger charge is 2.04. The maximum Gasteiger partial charge on any atom is 0.251 e. The SMILES string of the molecule is CNCCCNC(=O)c1cccc(C#N)c1. The Kier molecular flexibility index (Phi) is 5.03. The number of rotatable bonds is 5. The van der Waals surface area contributed by atoms with E-state index in [1.807, 2.05) is 13.1 Å². The van der Waals surface area contributed by atoms with Crippen LogP contribution in [0.25, 0.3) is 0 Å². The van der Waals surface area contributed by atoms with Crippen LogP contribution in [-0.2, 0) is 0 Å². The Morgan fingerprint density at radius 1 is 1.44 bits per heavy atom. The minimum Gasteiger partial charge on any atom is -0.352 e. The lowest BCUT2D eigenvalue weighted by Gasteiger charge is -2.04. The minimum atomic E-state index is -0.131. The Morgan fingerprint density at radius 2 is 2.25 bits per heavy atom. The van der Waals surface area contributed by atoms with Crippen molar-refractivity contribution in [2.24, 2.45) is 0 Å². The summed E-state index contributed by atoms with van der Waals surface area (Å²) in [7, 11) is 1.87. The van der Waals surface area contributed by atoms with Crippen LogP contribution in [-0.4, -0.2) is 26.0 Å². The first-order valence-corrected chi connectivity index (χ1v) is 5.21. The maximum atomic E-state index is 11.6. The fourth-order valence-electron chi connectivity index (χ4n) is 1.30. The second kappa shape index (κ2) is 6.59. The number of hydrogen-bond donors (Lipinski definition) is 2. The fourth-order valence-corrected chi connectivity index (χ4v) is 1.30. The first kappa shape index (κ1) is 12.2. The van der Waals surface area contributed by atoms with Crippen LogP contribution in [0, 0.1) is 11.3 Å². The highest BCUT2D eigenvalue weighted by Crippen LogP contribution is 2.03. The number of nitriles is 1. The summed E-state index contributed by atoms with van der Waals surface area (Å²) in [6.45, 7) is 1.51. The zero-order valence-electron chi connectivity index (χ0n) is 9.29. The molecule has 0 heterocycles. The molecule has 84 valence electrons. The van der Waals surface area contributed by atoms with E-state index in [2.05, 4.69) is 10.6 Å². The zero-order chi connectivity index (χ0) is 11.8. The summed E-state index contributed by atoms with van der Waals surface area (Å²) in [5.41, 5.74) is 1.03. The number of carbonyl (C=O) groups is 1. The van der Waals surface area contributed by atoms with Crippen LogP contribution in [0.2, 0.25) is 0 Å². The quantitative estimate of drug-likeness (QED) is 0.720. The summed E-state index contributed by atoms with van der Waals surface area (Å²) in [5, 5.41) is 14.5. The van der Waals surface area contributed by atoms with Crippen LogP contribution in [0.5, 0.6) is 0 Å².